The van der Waals surface area contributed by atoms with Gasteiger partial charge in [-0.3, -0.25) is 14.5 Å². The van der Waals surface area contributed by atoms with Crippen molar-refractivity contribution < 1.29 is 23.5 Å². The zero-order valence-corrected chi connectivity index (χ0v) is 12.2. The number of carbonyl (C=O) groups is 3. The first kappa shape index (κ1) is 14.3. The van der Waals surface area contributed by atoms with Crippen LogP contribution in [0.1, 0.15) is 26.7 Å². The molecular formula is C15H10ClNO5. The van der Waals surface area contributed by atoms with Crippen LogP contribution in [-0.4, -0.2) is 24.8 Å². The standard InChI is InChI=1S/C15H10ClNO5/c1-21-15(20)12-5-3-9(22-12)7-17-11-4-2-8(16)6-10(11)13(18)14(17)19/h2-6H,7H2,1H3. The molecule has 1 aromatic heterocycles. The number of anilines is 1. The van der Waals surface area contributed by atoms with Gasteiger partial charge in [0.1, 0.15) is 5.76 Å². The van der Waals surface area contributed by atoms with E-state index in [1.165, 1.54) is 24.1 Å². The Balaban J connectivity index is 1.90. The van der Waals surface area contributed by atoms with Crippen LogP contribution >= 0.6 is 11.6 Å². The van der Waals surface area contributed by atoms with E-state index in [2.05, 4.69) is 4.74 Å². The van der Waals surface area contributed by atoms with E-state index in [0.29, 0.717) is 16.5 Å². The molecule has 1 aromatic carbocycles. The van der Waals surface area contributed by atoms with Crippen molar-refractivity contribution in [1.29, 1.82) is 0 Å². The van der Waals surface area contributed by atoms with Gasteiger partial charge in [0.05, 0.1) is 24.9 Å². The molecule has 6 nitrogen and oxygen atoms in total. The number of methoxy groups -OCH3 is 1. The maximum atomic E-state index is 12.1. The van der Waals surface area contributed by atoms with Crippen LogP contribution in [0.5, 0.6) is 0 Å². The molecule has 0 bridgehead atoms. The Morgan fingerprint density at radius 3 is 2.77 bits per heavy atom. The van der Waals surface area contributed by atoms with E-state index in [1.54, 1.807) is 18.2 Å². The lowest BCUT2D eigenvalue weighted by Crippen LogP contribution is -2.28. The highest BCUT2D eigenvalue weighted by Gasteiger charge is 2.36. The van der Waals surface area contributed by atoms with Gasteiger partial charge in [0.2, 0.25) is 5.76 Å². The second kappa shape index (κ2) is 5.31. The molecular weight excluding hydrogens is 310 g/mol. The van der Waals surface area contributed by atoms with E-state index >= 15 is 0 Å². The van der Waals surface area contributed by atoms with Crippen molar-refractivity contribution in [2.45, 2.75) is 6.54 Å². The lowest BCUT2D eigenvalue weighted by Gasteiger charge is -2.14. The van der Waals surface area contributed by atoms with E-state index in [-0.39, 0.29) is 17.9 Å². The number of esters is 1. The van der Waals surface area contributed by atoms with Crippen LogP contribution in [0.15, 0.2) is 34.7 Å². The Morgan fingerprint density at radius 2 is 2.05 bits per heavy atom. The van der Waals surface area contributed by atoms with E-state index in [9.17, 15) is 14.4 Å². The number of halogens is 1. The van der Waals surface area contributed by atoms with Crippen LogP contribution in [0.4, 0.5) is 5.69 Å². The number of fused-ring (bicyclic) bond motifs is 1. The Bertz CT molecular complexity index is 795. The smallest absolute Gasteiger partial charge is 0.373 e. The van der Waals surface area contributed by atoms with Crippen molar-refractivity contribution in [2.24, 2.45) is 0 Å². The van der Waals surface area contributed by atoms with Gasteiger partial charge < -0.3 is 9.15 Å². The first-order valence-electron chi connectivity index (χ1n) is 6.34. The minimum absolute atomic E-state index is 0.0341. The van der Waals surface area contributed by atoms with E-state index in [0.717, 1.165) is 0 Å². The van der Waals surface area contributed by atoms with Gasteiger partial charge in [0.25, 0.3) is 11.7 Å². The first-order valence-corrected chi connectivity index (χ1v) is 6.72. The van der Waals surface area contributed by atoms with Crippen molar-refractivity contribution in [2.75, 3.05) is 12.0 Å². The molecule has 1 aliphatic heterocycles. The number of amides is 1. The molecule has 0 unspecified atom stereocenters. The molecule has 22 heavy (non-hydrogen) atoms. The molecule has 2 heterocycles. The molecule has 1 amide bonds. The zero-order chi connectivity index (χ0) is 15.9. The van der Waals surface area contributed by atoms with Gasteiger partial charge in [0, 0.05) is 5.02 Å². The SMILES string of the molecule is COC(=O)c1ccc(CN2C(=O)C(=O)c3cc(Cl)ccc32)o1. The largest absolute Gasteiger partial charge is 0.463 e. The third-order valence-corrected chi connectivity index (χ3v) is 3.53. The Kier molecular flexibility index (Phi) is 3.46. The molecule has 0 saturated heterocycles. The topological polar surface area (TPSA) is 76.8 Å². The number of hydrogen-bond donors (Lipinski definition) is 0. The van der Waals surface area contributed by atoms with Crippen LogP contribution in [-0.2, 0) is 16.1 Å². The van der Waals surface area contributed by atoms with Crippen LogP contribution in [0, 0.1) is 0 Å². The average molecular weight is 320 g/mol. The summed E-state index contributed by atoms with van der Waals surface area (Å²) >= 11 is 5.85. The predicted octanol–water partition coefficient (Wildman–Crippen LogP) is 2.45. The molecule has 0 radical (unpaired) electrons. The minimum atomic E-state index is -0.659. The van der Waals surface area contributed by atoms with Gasteiger partial charge in [-0.1, -0.05) is 11.6 Å². The summed E-state index contributed by atoms with van der Waals surface area (Å²) in [5.74, 6) is -1.48. The third kappa shape index (κ3) is 2.27. The van der Waals surface area contributed by atoms with Crippen LogP contribution in [0.2, 0.25) is 5.02 Å². The maximum Gasteiger partial charge on any atom is 0.373 e. The monoisotopic (exact) mass is 319 g/mol. The maximum absolute atomic E-state index is 12.1. The summed E-state index contributed by atoms with van der Waals surface area (Å²) in [4.78, 5) is 36.7. The normalized spacial score (nSPS) is 13.5. The van der Waals surface area contributed by atoms with Gasteiger partial charge >= 0.3 is 5.97 Å². The molecule has 0 aliphatic carbocycles. The predicted molar refractivity (Wildman–Crippen MR) is 77.0 cm³/mol. The lowest BCUT2D eigenvalue weighted by molar-refractivity contribution is -0.114. The number of ketones is 1. The molecule has 7 heteroatoms. The number of rotatable bonds is 3. The number of carbonyl (C=O) groups excluding carboxylic acids is 3. The number of furan rings is 1. The van der Waals surface area contributed by atoms with Crippen LogP contribution in [0.25, 0.3) is 0 Å². The van der Waals surface area contributed by atoms with E-state index in [1.807, 2.05) is 0 Å². The fourth-order valence-electron chi connectivity index (χ4n) is 2.26. The summed E-state index contributed by atoms with van der Waals surface area (Å²) in [5, 5.41) is 0.382. The van der Waals surface area contributed by atoms with Crippen molar-refractivity contribution in [3.63, 3.8) is 0 Å². The van der Waals surface area contributed by atoms with Crippen molar-refractivity contribution in [1.82, 2.24) is 0 Å². The lowest BCUT2D eigenvalue weighted by atomic mass is 10.1. The first-order chi connectivity index (χ1) is 10.5. The average Bonchev–Trinajstić information content (AvgIpc) is 3.06. The van der Waals surface area contributed by atoms with Gasteiger partial charge in [-0.15, -0.1) is 0 Å². The van der Waals surface area contributed by atoms with E-state index in [4.69, 9.17) is 16.0 Å². The fourth-order valence-corrected chi connectivity index (χ4v) is 2.43. The highest BCUT2D eigenvalue weighted by Crippen LogP contribution is 2.32. The molecule has 0 atom stereocenters. The highest BCUT2D eigenvalue weighted by atomic mass is 35.5. The number of ether oxygens (including phenoxy) is 1. The highest BCUT2D eigenvalue weighted by molar-refractivity contribution is 6.52. The second-order valence-electron chi connectivity index (χ2n) is 4.64. The van der Waals surface area contributed by atoms with Gasteiger partial charge in [-0.05, 0) is 30.3 Å². The molecule has 3 rings (SSSR count). The Labute approximate surface area is 130 Å². The quantitative estimate of drug-likeness (QED) is 0.641. The fraction of sp³-hybridized carbons (Fsp3) is 0.133. The number of benzene rings is 1. The summed E-state index contributed by atoms with van der Waals surface area (Å²) in [6, 6.07) is 7.66. The van der Waals surface area contributed by atoms with Crippen LogP contribution in [0.3, 0.4) is 0 Å². The summed E-state index contributed by atoms with van der Waals surface area (Å²) in [6.45, 7) is 0.0379. The zero-order valence-electron chi connectivity index (χ0n) is 11.5. The molecule has 0 saturated carbocycles. The Hall–Kier alpha value is -2.60. The molecule has 0 fully saturated rings. The Morgan fingerprint density at radius 1 is 1.27 bits per heavy atom. The van der Waals surface area contributed by atoms with Crippen molar-refractivity contribution in [3.8, 4) is 0 Å². The minimum Gasteiger partial charge on any atom is -0.463 e. The molecule has 112 valence electrons. The summed E-state index contributed by atoms with van der Waals surface area (Å²) in [7, 11) is 1.24. The number of nitrogens with zero attached hydrogens (tertiary/aromatic N) is 1. The van der Waals surface area contributed by atoms with Crippen molar-refractivity contribution >= 4 is 34.9 Å². The number of hydrogen-bond acceptors (Lipinski definition) is 5. The molecule has 0 N–H and O–H groups in total. The van der Waals surface area contributed by atoms with Gasteiger partial charge in [-0.25, -0.2) is 4.79 Å². The van der Waals surface area contributed by atoms with Crippen LogP contribution < -0.4 is 4.90 Å². The van der Waals surface area contributed by atoms with Gasteiger partial charge in [-0.2, -0.15) is 0 Å². The molecule has 2 aromatic rings. The van der Waals surface area contributed by atoms with E-state index < -0.39 is 17.7 Å². The summed E-state index contributed by atoms with van der Waals surface area (Å²) < 4.78 is 9.86. The second-order valence-corrected chi connectivity index (χ2v) is 5.08. The summed E-state index contributed by atoms with van der Waals surface area (Å²) in [6.07, 6.45) is 0. The molecule has 1 aliphatic rings. The molecule has 0 spiro atoms. The number of Topliss-reactive ketones (excluding diaryl/α,β-unsaturated/α-hetero) is 1. The summed E-state index contributed by atoms with van der Waals surface area (Å²) in [5.41, 5.74) is 0.729. The van der Waals surface area contributed by atoms with Gasteiger partial charge in [0.15, 0.2) is 0 Å². The van der Waals surface area contributed by atoms with Crippen molar-refractivity contribution in [3.05, 3.63) is 52.4 Å². The third-order valence-electron chi connectivity index (χ3n) is 3.30.